The van der Waals surface area contributed by atoms with Gasteiger partial charge in [-0.1, -0.05) is 12.1 Å². The molecule has 1 N–H and O–H groups in total. The molecule has 0 radical (unpaired) electrons. The predicted molar refractivity (Wildman–Crippen MR) is 103 cm³/mol. The smallest absolute Gasteiger partial charge is 0.338 e. The molecule has 0 atom stereocenters. The molecule has 144 valence electrons. The summed E-state index contributed by atoms with van der Waals surface area (Å²) in [6.07, 6.45) is 0. The minimum Gasteiger partial charge on any atom is -0.452 e. The maximum absolute atomic E-state index is 12.1. The minimum absolute atomic E-state index is 0.381. The Labute approximate surface area is 163 Å². The van der Waals surface area contributed by atoms with E-state index in [-0.39, 0.29) is 6.61 Å². The van der Waals surface area contributed by atoms with Gasteiger partial charge in [0.2, 0.25) is 0 Å². The Morgan fingerprint density at radius 1 is 1.07 bits per heavy atom. The Morgan fingerprint density at radius 3 is 2.39 bits per heavy atom. The van der Waals surface area contributed by atoms with Crippen LogP contribution in [0.1, 0.15) is 21.5 Å². The summed E-state index contributed by atoms with van der Waals surface area (Å²) in [5.74, 6) is -0.991. The van der Waals surface area contributed by atoms with Gasteiger partial charge in [-0.2, -0.15) is 5.26 Å². The molecular formula is C21H21N3O4. The van der Waals surface area contributed by atoms with Gasteiger partial charge in [-0.15, -0.1) is 0 Å². The lowest BCUT2D eigenvalue weighted by molar-refractivity contribution is -0.119. The SMILES string of the molecule is N#Cc1ccc(NC(=O)COC(=O)c2ccc(CN3CCOCC3)cc2)cc1. The Balaban J connectivity index is 1.45. The van der Waals surface area contributed by atoms with Gasteiger partial charge in [0.05, 0.1) is 30.4 Å². The summed E-state index contributed by atoms with van der Waals surface area (Å²) in [7, 11) is 0. The zero-order valence-electron chi connectivity index (χ0n) is 15.4. The summed E-state index contributed by atoms with van der Waals surface area (Å²) in [5, 5.41) is 11.4. The lowest BCUT2D eigenvalue weighted by Crippen LogP contribution is -2.35. The first-order valence-corrected chi connectivity index (χ1v) is 9.00. The number of nitrogens with one attached hydrogen (secondary N) is 1. The molecule has 0 aromatic heterocycles. The van der Waals surface area contributed by atoms with Crippen LogP contribution in [0.4, 0.5) is 5.69 Å². The first-order chi connectivity index (χ1) is 13.6. The van der Waals surface area contributed by atoms with Gasteiger partial charge in [-0.3, -0.25) is 9.69 Å². The molecule has 2 aromatic carbocycles. The van der Waals surface area contributed by atoms with Crippen molar-refractivity contribution in [1.82, 2.24) is 4.90 Å². The molecule has 2 aromatic rings. The number of hydrogen-bond donors (Lipinski definition) is 1. The van der Waals surface area contributed by atoms with Crippen LogP contribution in [0.3, 0.4) is 0 Å². The second kappa shape index (κ2) is 9.65. The normalized spacial score (nSPS) is 14.1. The number of carbonyl (C=O) groups excluding carboxylic acids is 2. The van der Waals surface area contributed by atoms with Crippen molar-refractivity contribution in [2.75, 3.05) is 38.2 Å². The van der Waals surface area contributed by atoms with Gasteiger partial charge in [0, 0.05) is 25.3 Å². The molecule has 1 saturated heterocycles. The zero-order valence-corrected chi connectivity index (χ0v) is 15.4. The van der Waals surface area contributed by atoms with Crippen LogP contribution >= 0.6 is 0 Å². The minimum atomic E-state index is -0.548. The summed E-state index contributed by atoms with van der Waals surface area (Å²) in [6.45, 7) is 3.72. The number of amides is 1. The van der Waals surface area contributed by atoms with Gasteiger partial charge in [0.25, 0.3) is 5.91 Å². The first-order valence-electron chi connectivity index (χ1n) is 9.00. The summed E-state index contributed by atoms with van der Waals surface area (Å²) < 4.78 is 10.4. The second-order valence-electron chi connectivity index (χ2n) is 6.40. The number of rotatable bonds is 6. The van der Waals surface area contributed by atoms with Gasteiger partial charge in [-0.05, 0) is 42.0 Å². The number of benzene rings is 2. The molecule has 1 heterocycles. The molecule has 0 unspecified atom stereocenters. The van der Waals surface area contributed by atoms with Gasteiger partial charge in [0.15, 0.2) is 6.61 Å². The van der Waals surface area contributed by atoms with E-state index in [1.54, 1.807) is 36.4 Å². The highest BCUT2D eigenvalue weighted by molar-refractivity contribution is 5.95. The number of carbonyl (C=O) groups is 2. The Bertz CT molecular complexity index is 851. The third kappa shape index (κ3) is 5.64. The Morgan fingerprint density at radius 2 is 1.75 bits per heavy atom. The van der Waals surface area contributed by atoms with E-state index >= 15 is 0 Å². The van der Waals surface area contributed by atoms with Gasteiger partial charge in [-0.25, -0.2) is 4.79 Å². The van der Waals surface area contributed by atoms with Crippen LogP contribution in [0.25, 0.3) is 0 Å². The third-order valence-corrected chi connectivity index (χ3v) is 4.33. The number of morpholine rings is 1. The zero-order chi connectivity index (χ0) is 19.8. The maximum Gasteiger partial charge on any atom is 0.338 e. The molecule has 0 aliphatic carbocycles. The van der Waals surface area contributed by atoms with E-state index in [0.29, 0.717) is 16.8 Å². The number of hydrogen-bond acceptors (Lipinski definition) is 6. The molecule has 1 aliphatic heterocycles. The predicted octanol–water partition coefficient (Wildman–Crippen LogP) is 2.19. The average Bonchev–Trinajstić information content (AvgIpc) is 2.74. The monoisotopic (exact) mass is 379 g/mol. The Kier molecular flexibility index (Phi) is 6.73. The number of nitrogens with zero attached hydrogens (tertiary/aromatic N) is 2. The third-order valence-electron chi connectivity index (χ3n) is 4.33. The highest BCUT2D eigenvalue weighted by atomic mass is 16.5. The average molecular weight is 379 g/mol. The van der Waals surface area contributed by atoms with Crippen molar-refractivity contribution >= 4 is 17.6 Å². The maximum atomic E-state index is 12.1. The van der Waals surface area contributed by atoms with Crippen LogP contribution in [-0.4, -0.2) is 49.7 Å². The highest BCUT2D eigenvalue weighted by Crippen LogP contribution is 2.11. The number of esters is 1. The fourth-order valence-electron chi connectivity index (χ4n) is 2.80. The number of nitriles is 1. The van der Waals surface area contributed by atoms with Gasteiger partial charge < -0.3 is 14.8 Å². The number of anilines is 1. The molecule has 1 aliphatic rings. The molecule has 28 heavy (non-hydrogen) atoms. The topological polar surface area (TPSA) is 91.7 Å². The molecule has 1 amide bonds. The molecular weight excluding hydrogens is 358 g/mol. The summed E-state index contributed by atoms with van der Waals surface area (Å²) >= 11 is 0. The van der Waals surface area contributed by atoms with Crippen LogP contribution in [0.2, 0.25) is 0 Å². The van der Waals surface area contributed by atoms with E-state index in [4.69, 9.17) is 14.7 Å². The first kappa shape index (κ1) is 19.5. The van der Waals surface area contributed by atoms with Crippen molar-refractivity contribution in [1.29, 1.82) is 5.26 Å². The van der Waals surface area contributed by atoms with Crippen molar-refractivity contribution in [2.24, 2.45) is 0 Å². The Hall–Kier alpha value is -3.21. The largest absolute Gasteiger partial charge is 0.452 e. The standard InChI is InChI=1S/C21H21N3O4/c22-13-16-3-7-19(8-4-16)23-20(25)15-28-21(26)18-5-1-17(2-6-18)14-24-9-11-27-12-10-24/h1-8H,9-12,14-15H2,(H,23,25). The van der Waals surface area contributed by atoms with Crippen molar-refractivity contribution in [3.63, 3.8) is 0 Å². The molecule has 1 fully saturated rings. The molecule has 7 heteroatoms. The van der Waals surface area contributed by atoms with E-state index < -0.39 is 11.9 Å². The summed E-state index contributed by atoms with van der Waals surface area (Å²) in [4.78, 5) is 26.3. The van der Waals surface area contributed by atoms with Crippen molar-refractivity contribution < 1.29 is 19.1 Å². The van der Waals surface area contributed by atoms with Crippen molar-refractivity contribution in [3.8, 4) is 6.07 Å². The van der Waals surface area contributed by atoms with E-state index in [0.717, 1.165) is 38.4 Å². The fraction of sp³-hybridized carbons (Fsp3) is 0.286. The van der Waals surface area contributed by atoms with Crippen molar-refractivity contribution in [2.45, 2.75) is 6.54 Å². The van der Waals surface area contributed by atoms with Crippen LogP contribution in [0.5, 0.6) is 0 Å². The summed E-state index contributed by atoms with van der Waals surface area (Å²) in [5.41, 5.74) is 2.54. The van der Waals surface area contributed by atoms with Gasteiger partial charge in [0.1, 0.15) is 0 Å². The van der Waals surface area contributed by atoms with Crippen LogP contribution in [-0.2, 0) is 20.8 Å². The summed E-state index contributed by atoms with van der Waals surface area (Å²) in [6, 6.07) is 15.6. The van der Waals surface area contributed by atoms with Crippen LogP contribution < -0.4 is 5.32 Å². The fourth-order valence-corrected chi connectivity index (χ4v) is 2.80. The molecule has 7 nitrogen and oxygen atoms in total. The second-order valence-corrected chi connectivity index (χ2v) is 6.40. The van der Waals surface area contributed by atoms with Crippen LogP contribution in [0, 0.1) is 11.3 Å². The molecule has 0 spiro atoms. The van der Waals surface area contributed by atoms with E-state index in [2.05, 4.69) is 10.2 Å². The quantitative estimate of drug-likeness (QED) is 0.774. The molecule has 0 saturated carbocycles. The molecule has 0 bridgehead atoms. The lowest BCUT2D eigenvalue weighted by atomic mass is 10.1. The lowest BCUT2D eigenvalue weighted by Gasteiger charge is -2.26. The highest BCUT2D eigenvalue weighted by Gasteiger charge is 2.13. The van der Waals surface area contributed by atoms with E-state index in [1.807, 2.05) is 18.2 Å². The number of ether oxygens (including phenoxy) is 2. The van der Waals surface area contributed by atoms with Crippen molar-refractivity contribution in [3.05, 3.63) is 65.2 Å². The van der Waals surface area contributed by atoms with E-state index in [9.17, 15) is 9.59 Å². The molecule has 3 rings (SSSR count). The van der Waals surface area contributed by atoms with E-state index in [1.165, 1.54) is 0 Å². The van der Waals surface area contributed by atoms with Crippen LogP contribution in [0.15, 0.2) is 48.5 Å². The van der Waals surface area contributed by atoms with Gasteiger partial charge >= 0.3 is 5.97 Å².